The van der Waals surface area contributed by atoms with E-state index in [0.29, 0.717) is 0 Å². The SMILES string of the molecule is CC(C)(C)OC(=O)CN(CC(=O)OC(C)(C)C)C1CCC(N)CC1. The van der Waals surface area contributed by atoms with Gasteiger partial charge < -0.3 is 15.2 Å². The van der Waals surface area contributed by atoms with Gasteiger partial charge in [-0.2, -0.15) is 0 Å². The molecule has 1 fully saturated rings. The van der Waals surface area contributed by atoms with Crippen LogP contribution >= 0.6 is 0 Å². The van der Waals surface area contributed by atoms with Gasteiger partial charge in [0.05, 0.1) is 13.1 Å². The van der Waals surface area contributed by atoms with Gasteiger partial charge in [0.25, 0.3) is 0 Å². The first-order chi connectivity index (χ1) is 10.9. The predicted octanol–water partition coefficient (Wildman–Crippen LogP) is 2.24. The fourth-order valence-electron chi connectivity index (χ4n) is 2.86. The van der Waals surface area contributed by atoms with Gasteiger partial charge in [-0.25, -0.2) is 0 Å². The van der Waals surface area contributed by atoms with E-state index in [1.165, 1.54) is 0 Å². The fourth-order valence-corrected chi connectivity index (χ4v) is 2.86. The van der Waals surface area contributed by atoms with Crippen molar-refractivity contribution in [3.8, 4) is 0 Å². The number of nitrogens with two attached hydrogens (primary N) is 1. The average Bonchev–Trinajstić information content (AvgIpc) is 2.34. The van der Waals surface area contributed by atoms with Crippen molar-refractivity contribution >= 4 is 11.9 Å². The Morgan fingerprint density at radius 1 is 0.875 bits per heavy atom. The lowest BCUT2D eigenvalue weighted by atomic mass is 9.90. The molecule has 0 amide bonds. The van der Waals surface area contributed by atoms with Crippen molar-refractivity contribution in [2.75, 3.05) is 13.1 Å². The molecule has 0 heterocycles. The van der Waals surface area contributed by atoms with Crippen molar-refractivity contribution in [1.82, 2.24) is 4.90 Å². The molecule has 0 saturated heterocycles. The maximum atomic E-state index is 12.2. The van der Waals surface area contributed by atoms with E-state index in [4.69, 9.17) is 15.2 Å². The maximum absolute atomic E-state index is 12.2. The summed E-state index contributed by atoms with van der Waals surface area (Å²) in [5, 5.41) is 0. The highest BCUT2D eigenvalue weighted by Gasteiger charge is 2.30. The highest BCUT2D eigenvalue weighted by atomic mass is 16.6. The molecular formula is C18H34N2O4. The topological polar surface area (TPSA) is 81.9 Å². The Morgan fingerprint density at radius 2 is 1.25 bits per heavy atom. The summed E-state index contributed by atoms with van der Waals surface area (Å²) in [5.74, 6) is -0.637. The number of nitrogens with zero attached hydrogens (tertiary/aromatic N) is 1. The number of hydrogen-bond acceptors (Lipinski definition) is 6. The van der Waals surface area contributed by atoms with Gasteiger partial charge in [0.15, 0.2) is 0 Å². The van der Waals surface area contributed by atoms with E-state index < -0.39 is 11.2 Å². The molecule has 1 aliphatic rings. The third-order valence-electron chi connectivity index (χ3n) is 3.76. The van der Waals surface area contributed by atoms with Gasteiger partial charge in [-0.15, -0.1) is 0 Å². The zero-order valence-electron chi connectivity index (χ0n) is 16.1. The van der Waals surface area contributed by atoms with Gasteiger partial charge in [0.1, 0.15) is 11.2 Å². The molecule has 2 N–H and O–H groups in total. The molecule has 1 saturated carbocycles. The molecule has 0 aromatic heterocycles. The normalized spacial score (nSPS) is 22.3. The first kappa shape index (κ1) is 20.9. The Labute approximate surface area is 146 Å². The van der Waals surface area contributed by atoms with Crippen LogP contribution in [-0.4, -0.2) is 53.2 Å². The molecular weight excluding hydrogens is 308 g/mol. The van der Waals surface area contributed by atoms with E-state index in [-0.39, 0.29) is 37.1 Å². The molecule has 24 heavy (non-hydrogen) atoms. The molecule has 6 heteroatoms. The first-order valence-corrected chi connectivity index (χ1v) is 8.79. The molecule has 0 aromatic carbocycles. The van der Waals surface area contributed by atoms with Crippen LogP contribution in [0.15, 0.2) is 0 Å². The molecule has 1 rings (SSSR count). The van der Waals surface area contributed by atoms with Gasteiger partial charge in [0, 0.05) is 12.1 Å². The van der Waals surface area contributed by atoms with Crippen molar-refractivity contribution < 1.29 is 19.1 Å². The molecule has 0 aliphatic heterocycles. The van der Waals surface area contributed by atoms with Crippen LogP contribution in [0.3, 0.4) is 0 Å². The Bertz CT molecular complexity index is 399. The lowest BCUT2D eigenvalue weighted by molar-refractivity contribution is -0.161. The molecule has 6 nitrogen and oxygen atoms in total. The standard InChI is InChI=1S/C18H34N2O4/c1-17(2,3)23-15(21)11-20(12-16(22)24-18(4,5)6)14-9-7-13(19)8-10-14/h13-14H,7-12,19H2,1-6H3. The molecule has 0 atom stereocenters. The third kappa shape index (κ3) is 8.64. The van der Waals surface area contributed by atoms with Gasteiger partial charge in [0.2, 0.25) is 0 Å². The molecule has 140 valence electrons. The highest BCUT2D eigenvalue weighted by molar-refractivity contribution is 5.75. The smallest absolute Gasteiger partial charge is 0.320 e. The number of esters is 2. The van der Waals surface area contributed by atoms with Gasteiger partial charge in [-0.3, -0.25) is 14.5 Å². The van der Waals surface area contributed by atoms with Crippen LogP contribution in [0.25, 0.3) is 0 Å². The van der Waals surface area contributed by atoms with Crippen molar-refractivity contribution in [2.45, 2.75) is 90.5 Å². The van der Waals surface area contributed by atoms with Crippen LogP contribution in [0.4, 0.5) is 0 Å². The van der Waals surface area contributed by atoms with Crippen LogP contribution in [0, 0.1) is 0 Å². The van der Waals surface area contributed by atoms with E-state index in [2.05, 4.69) is 0 Å². The Morgan fingerprint density at radius 3 is 1.58 bits per heavy atom. The summed E-state index contributed by atoms with van der Waals surface area (Å²) >= 11 is 0. The van der Waals surface area contributed by atoms with Crippen LogP contribution < -0.4 is 5.73 Å². The molecule has 0 unspecified atom stereocenters. The minimum absolute atomic E-state index is 0.0937. The summed E-state index contributed by atoms with van der Waals surface area (Å²) in [6.07, 6.45) is 3.58. The molecule has 0 aromatic rings. The first-order valence-electron chi connectivity index (χ1n) is 8.79. The Balaban J connectivity index is 2.72. The number of carbonyl (C=O) groups is 2. The minimum atomic E-state index is -0.538. The van der Waals surface area contributed by atoms with Crippen molar-refractivity contribution in [3.63, 3.8) is 0 Å². The minimum Gasteiger partial charge on any atom is -0.459 e. The van der Waals surface area contributed by atoms with Crippen molar-refractivity contribution in [3.05, 3.63) is 0 Å². The predicted molar refractivity (Wildman–Crippen MR) is 93.5 cm³/mol. The van der Waals surface area contributed by atoms with E-state index in [0.717, 1.165) is 25.7 Å². The number of hydrogen-bond donors (Lipinski definition) is 1. The van der Waals surface area contributed by atoms with Crippen LogP contribution in [0.5, 0.6) is 0 Å². The van der Waals surface area contributed by atoms with Crippen molar-refractivity contribution in [1.29, 1.82) is 0 Å². The average molecular weight is 342 g/mol. The third-order valence-corrected chi connectivity index (χ3v) is 3.76. The van der Waals surface area contributed by atoms with E-state index >= 15 is 0 Å². The quantitative estimate of drug-likeness (QED) is 0.772. The number of carbonyl (C=O) groups excluding carboxylic acids is 2. The van der Waals surface area contributed by atoms with E-state index in [1.54, 1.807) is 0 Å². The van der Waals surface area contributed by atoms with Crippen LogP contribution in [-0.2, 0) is 19.1 Å². The largest absolute Gasteiger partial charge is 0.459 e. The highest BCUT2D eigenvalue weighted by Crippen LogP contribution is 2.23. The molecule has 0 radical (unpaired) electrons. The van der Waals surface area contributed by atoms with E-state index in [9.17, 15) is 9.59 Å². The van der Waals surface area contributed by atoms with Crippen LogP contribution in [0.2, 0.25) is 0 Å². The summed E-state index contributed by atoms with van der Waals surface area (Å²) in [4.78, 5) is 26.3. The number of rotatable bonds is 5. The second-order valence-corrected chi connectivity index (χ2v) is 8.65. The van der Waals surface area contributed by atoms with Gasteiger partial charge >= 0.3 is 11.9 Å². The number of ether oxygens (including phenoxy) is 2. The van der Waals surface area contributed by atoms with E-state index in [1.807, 2.05) is 46.4 Å². The Kier molecular flexibility index (Phi) is 7.23. The second kappa shape index (κ2) is 8.30. The zero-order chi connectivity index (χ0) is 18.5. The van der Waals surface area contributed by atoms with Gasteiger partial charge in [-0.1, -0.05) is 0 Å². The summed E-state index contributed by atoms with van der Waals surface area (Å²) in [5.41, 5.74) is 4.89. The lowest BCUT2D eigenvalue weighted by Gasteiger charge is -2.35. The lowest BCUT2D eigenvalue weighted by Crippen LogP contribution is -2.47. The Hall–Kier alpha value is -1.14. The molecule has 1 aliphatic carbocycles. The summed E-state index contributed by atoms with van der Waals surface area (Å²) in [7, 11) is 0. The molecule has 0 bridgehead atoms. The maximum Gasteiger partial charge on any atom is 0.320 e. The monoisotopic (exact) mass is 342 g/mol. The molecule has 0 spiro atoms. The summed E-state index contributed by atoms with van der Waals surface area (Å²) in [6, 6.07) is 0.371. The zero-order valence-corrected chi connectivity index (χ0v) is 16.1. The van der Waals surface area contributed by atoms with Crippen LogP contribution in [0.1, 0.15) is 67.2 Å². The fraction of sp³-hybridized carbons (Fsp3) is 0.889. The van der Waals surface area contributed by atoms with Gasteiger partial charge in [-0.05, 0) is 67.2 Å². The summed E-state index contributed by atoms with van der Waals surface area (Å²) < 4.78 is 10.8. The second-order valence-electron chi connectivity index (χ2n) is 8.65. The summed E-state index contributed by atoms with van der Waals surface area (Å²) in [6.45, 7) is 11.2. The van der Waals surface area contributed by atoms with Crippen molar-refractivity contribution in [2.24, 2.45) is 5.73 Å².